The van der Waals surface area contributed by atoms with Crippen LogP contribution in [0.2, 0.25) is 0 Å². The Bertz CT molecular complexity index is 338. The Morgan fingerprint density at radius 3 is 2.93 bits per heavy atom. The molecule has 15 heavy (non-hydrogen) atoms. The number of carbonyl (C=O) groups is 1. The molecule has 0 fully saturated rings. The van der Waals surface area contributed by atoms with Crippen LogP contribution in [-0.4, -0.2) is 24.2 Å². The van der Waals surface area contributed by atoms with E-state index in [2.05, 4.69) is 10.1 Å². The van der Waals surface area contributed by atoms with Gasteiger partial charge in [0.25, 0.3) is 0 Å². The van der Waals surface area contributed by atoms with Crippen molar-refractivity contribution in [1.82, 2.24) is 5.32 Å². The van der Waals surface area contributed by atoms with Gasteiger partial charge < -0.3 is 15.2 Å². The third kappa shape index (κ3) is 3.59. The highest BCUT2D eigenvalue weighted by Gasteiger charge is 2.11. The lowest BCUT2D eigenvalue weighted by molar-refractivity contribution is -0.142. The number of methoxy groups -OCH3 is 1. The van der Waals surface area contributed by atoms with Crippen LogP contribution >= 0.6 is 0 Å². The third-order valence-electron chi connectivity index (χ3n) is 2.08. The number of ether oxygens (including phenoxy) is 1. The van der Waals surface area contributed by atoms with Crippen molar-refractivity contribution < 1.29 is 14.6 Å². The first kappa shape index (κ1) is 11.5. The Labute approximate surface area is 88.9 Å². The van der Waals surface area contributed by atoms with Crippen LogP contribution in [0.4, 0.5) is 0 Å². The van der Waals surface area contributed by atoms with Gasteiger partial charge in [-0.1, -0.05) is 12.1 Å². The van der Waals surface area contributed by atoms with Crippen molar-refractivity contribution >= 4 is 5.97 Å². The van der Waals surface area contributed by atoms with Gasteiger partial charge in [0.15, 0.2) is 0 Å². The van der Waals surface area contributed by atoms with Gasteiger partial charge in [0.2, 0.25) is 0 Å². The maximum Gasteiger partial charge on any atom is 0.322 e. The molecule has 0 saturated heterocycles. The van der Waals surface area contributed by atoms with E-state index in [1.807, 2.05) is 6.07 Å². The molecule has 0 bridgehead atoms. The third-order valence-corrected chi connectivity index (χ3v) is 2.08. The lowest BCUT2D eigenvalue weighted by Crippen LogP contribution is -2.34. The molecule has 2 N–H and O–H groups in total. The van der Waals surface area contributed by atoms with E-state index in [4.69, 9.17) is 0 Å². The lowest BCUT2D eigenvalue weighted by atomic mass is 10.2. The maximum atomic E-state index is 11.1. The smallest absolute Gasteiger partial charge is 0.322 e. The Balaban J connectivity index is 2.47. The number of benzene rings is 1. The molecule has 0 aliphatic carbocycles. The van der Waals surface area contributed by atoms with E-state index in [0.717, 1.165) is 5.56 Å². The molecule has 4 heteroatoms. The van der Waals surface area contributed by atoms with Crippen molar-refractivity contribution in [1.29, 1.82) is 0 Å². The normalized spacial score (nSPS) is 12.1. The molecule has 0 heterocycles. The number of phenols is 1. The Hall–Kier alpha value is -1.55. The Morgan fingerprint density at radius 2 is 2.33 bits per heavy atom. The molecule has 1 aromatic carbocycles. The fourth-order valence-electron chi connectivity index (χ4n) is 1.20. The summed E-state index contributed by atoms with van der Waals surface area (Å²) in [5.41, 5.74) is 0.922. The van der Waals surface area contributed by atoms with Crippen LogP contribution in [0, 0.1) is 0 Å². The quantitative estimate of drug-likeness (QED) is 0.727. The van der Waals surface area contributed by atoms with Gasteiger partial charge in [-0.05, 0) is 24.6 Å². The molecule has 0 radical (unpaired) electrons. The summed E-state index contributed by atoms with van der Waals surface area (Å²) in [7, 11) is 1.36. The van der Waals surface area contributed by atoms with Crippen LogP contribution in [0.3, 0.4) is 0 Å². The van der Waals surface area contributed by atoms with Gasteiger partial charge in [0.05, 0.1) is 7.11 Å². The van der Waals surface area contributed by atoms with Gasteiger partial charge in [-0.3, -0.25) is 4.79 Å². The van der Waals surface area contributed by atoms with E-state index in [-0.39, 0.29) is 17.8 Å². The van der Waals surface area contributed by atoms with Crippen molar-refractivity contribution in [2.75, 3.05) is 7.11 Å². The first-order valence-electron chi connectivity index (χ1n) is 4.72. The van der Waals surface area contributed by atoms with Gasteiger partial charge >= 0.3 is 5.97 Å². The molecule has 1 unspecified atom stereocenters. The molecule has 1 rings (SSSR count). The average Bonchev–Trinajstić information content (AvgIpc) is 2.25. The minimum atomic E-state index is -0.350. The molecule has 4 nitrogen and oxygen atoms in total. The van der Waals surface area contributed by atoms with Gasteiger partial charge in [-0.2, -0.15) is 0 Å². The van der Waals surface area contributed by atoms with E-state index in [1.54, 1.807) is 25.1 Å². The fourth-order valence-corrected chi connectivity index (χ4v) is 1.20. The predicted octanol–water partition coefficient (Wildman–Crippen LogP) is 1.04. The number of nitrogens with one attached hydrogen (secondary N) is 1. The zero-order valence-electron chi connectivity index (χ0n) is 8.86. The van der Waals surface area contributed by atoms with Crippen molar-refractivity contribution in [3.63, 3.8) is 0 Å². The topological polar surface area (TPSA) is 58.6 Å². The number of aromatic hydroxyl groups is 1. The summed E-state index contributed by atoms with van der Waals surface area (Å²) in [6, 6.07) is 6.54. The number of esters is 1. The summed E-state index contributed by atoms with van der Waals surface area (Å²) < 4.78 is 4.57. The molecule has 0 saturated carbocycles. The second-order valence-corrected chi connectivity index (χ2v) is 3.30. The molecule has 1 aromatic rings. The molecule has 0 aliphatic rings. The van der Waals surface area contributed by atoms with Crippen LogP contribution in [-0.2, 0) is 16.1 Å². The van der Waals surface area contributed by atoms with Crippen LogP contribution in [0.15, 0.2) is 24.3 Å². The van der Waals surface area contributed by atoms with Gasteiger partial charge in [-0.15, -0.1) is 0 Å². The SMILES string of the molecule is COC(=O)C(C)NCc1cccc(O)c1. The molecule has 0 spiro atoms. The second-order valence-electron chi connectivity index (χ2n) is 3.30. The van der Waals surface area contributed by atoms with Gasteiger partial charge in [0.1, 0.15) is 11.8 Å². The van der Waals surface area contributed by atoms with Gasteiger partial charge in [-0.25, -0.2) is 0 Å². The molecule has 0 aromatic heterocycles. The summed E-state index contributed by atoms with van der Waals surface area (Å²) >= 11 is 0. The summed E-state index contributed by atoms with van der Waals surface area (Å²) in [4.78, 5) is 11.1. The number of phenolic OH excluding ortho intramolecular Hbond substituents is 1. The highest BCUT2D eigenvalue weighted by atomic mass is 16.5. The predicted molar refractivity (Wildman–Crippen MR) is 56.4 cm³/mol. The zero-order chi connectivity index (χ0) is 11.3. The van der Waals surface area contributed by atoms with Crippen LogP contribution in [0.5, 0.6) is 5.75 Å². The summed E-state index contributed by atoms with van der Waals surface area (Å²) in [6.07, 6.45) is 0. The summed E-state index contributed by atoms with van der Waals surface area (Å²) in [6.45, 7) is 2.25. The minimum absolute atomic E-state index is 0.222. The van der Waals surface area contributed by atoms with Crippen LogP contribution in [0.1, 0.15) is 12.5 Å². The van der Waals surface area contributed by atoms with E-state index >= 15 is 0 Å². The monoisotopic (exact) mass is 209 g/mol. The van der Waals surface area contributed by atoms with Crippen molar-refractivity contribution in [3.8, 4) is 5.75 Å². The zero-order valence-corrected chi connectivity index (χ0v) is 8.86. The van der Waals surface area contributed by atoms with E-state index in [1.165, 1.54) is 7.11 Å². The second kappa shape index (κ2) is 5.36. The summed E-state index contributed by atoms with van der Waals surface area (Å²) in [5.74, 6) is -0.0739. The number of carbonyl (C=O) groups excluding carboxylic acids is 1. The van der Waals surface area contributed by atoms with Crippen LogP contribution < -0.4 is 5.32 Å². The number of hydrogen-bond acceptors (Lipinski definition) is 4. The molecular weight excluding hydrogens is 194 g/mol. The minimum Gasteiger partial charge on any atom is -0.508 e. The maximum absolute atomic E-state index is 11.1. The first-order valence-corrected chi connectivity index (χ1v) is 4.72. The first-order chi connectivity index (χ1) is 7.13. The summed E-state index contributed by atoms with van der Waals surface area (Å²) in [5, 5.41) is 12.2. The molecule has 0 amide bonds. The molecule has 0 aliphatic heterocycles. The Kier molecular flexibility index (Phi) is 4.12. The number of hydrogen-bond donors (Lipinski definition) is 2. The molecular formula is C11H15NO3. The Morgan fingerprint density at radius 1 is 1.60 bits per heavy atom. The van der Waals surface area contributed by atoms with Crippen molar-refractivity contribution in [2.45, 2.75) is 19.5 Å². The number of rotatable bonds is 4. The van der Waals surface area contributed by atoms with E-state index < -0.39 is 0 Å². The fraction of sp³-hybridized carbons (Fsp3) is 0.364. The van der Waals surface area contributed by atoms with Gasteiger partial charge in [0, 0.05) is 6.54 Å². The largest absolute Gasteiger partial charge is 0.508 e. The van der Waals surface area contributed by atoms with Crippen molar-refractivity contribution in [2.24, 2.45) is 0 Å². The molecule has 82 valence electrons. The average molecular weight is 209 g/mol. The highest BCUT2D eigenvalue weighted by Crippen LogP contribution is 2.10. The highest BCUT2D eigenvalue weighted by molar-refractivity contribution is 5.75. The van der Waals surface area contributed by atoms with E-state index in [9.17, 15) is 9.90 Å². The van der Waals surface area contributed by atoms with E-state index in [0.29, 0.717) is 6.54 Å². The standard InChI is InChI=1S/C11H15NO3/c1-8(11(14)15-2)12-7-9-4-3-5-10(13)6-9/h3-6,8,12-13H,7H2,1-2H3. The lowest BCUT2D eigenvalue weighted by Gasteiger charge is -2.11. The van der Waals surface area contributed by atoms with Crippen LogP contribution in [0.25, 0.3) is 0 Å². The van der Waals surface area contributed by atoms with Crippen molar-refractivity contribution in [3.05, 3.63) is 29.8 Å². The molecule has 1 atom stereocenters.